The minimum absolute atomic E-state index is 0.256. The first-order valence-electron chi connectivity index (χ1n) is 5.98. The summed E-state index contributed by atoms with van der Waals surface area (Å²) in [6.07, 6.45) is 0.836. The van der Waals surface area contributed by atoms with Crippen molar-refractivity contribution in [3.05, 3.63) is 46.6 Å². The molecule has 2 nitrogen and oxygen atoms in total. The van der Waals surface area contributed by atoms with E-state index in [1.165, 1.54) is 0 Å². The number of hydrogen-bond donors (Lipinski definition) is 0. The highest BCUT2D eigenvalue weighted by Crippen LogP contribution is 2.36. The fraction of sp³-hybridized carbons (Fsp3) is 0.267. The van der Waals surface area contributed by atoms with E-state index < -0.39 is 0 Å². The van der Waals surface area contributed by atoms with Gasteiger partial charge in [-0.25, -0.2) is 0 Å². The van der Waals surface area contributed by atoms with Crippen LogP contribution in [0.2, 0.25) is 5.02 Å². The molecule has 0 atom stereocenters. The molecule has 0 aliphatic carbocycles. The van der Waals surface area contributed by atoms with Crippen molar-refractivity contribution >= 4 is 17.9 Å². The summed E-state index contributed by atoms with van der Waals surface area (Å²) in [5.41, 5.74) is 3.47. The molecular weight excluding hydrogens is 246 g/mol. The number of hydrogen-bond acceptors (Lipinski definition) is 1. The monoisotopic (exact) mass is 261 g/mol. The molecular formula is C15H16ClNO. The second kappa shape index (κ2) is 4.99. The summed E-state index contributed by atoms with van der Waals surface area (Å²) in [5, 5.41) is 0.544. The molecule has 94 valence electrons. The third-order valence-corrected chi connectivity index (χ3v) is 3.50. The van der Waals surface area contributed by atoms with Crippen molar-refractivity contribution in [2.45, 2.75) is 26.8 Å². The number of carbonyl (C=O) groups is 1. The van der Waals surface area contributed by atoms with Gasteiger partial charge in [0.2, 0.25) is 0 Å². The maximum absolute atomic E-state index is 11.2. The summed E-state index contributed by atoms with van der Waals surface area (Å²) in [6.45, 7) is 6.11. The Kier molecular flexibility index (Phi) is 3.58. The van der Waals surface area contributed by atoms with Crippen molar-refractivity contribution in [3.63, 3.8) is 0 Å². The number of aromatic nitrogens is 1. The zero-order valence-corrected chi connectivity index (χ0v) is 11.5. The van der Waals surface area contributed by atoms with Gasteiger partial charge in [-0.05, 0) is 26.3 Å². The van der Waals surface area contributed by atoms with Crippen molar-refractivity contribution in [1.29, 1.82) is 0 Å². The van der Waals surface area contributed by atoms with E-state index in [4.69, 9.17) is 11.6 Å². The quantitative estimate of drug-likeness (QED) is 0.745. The minimum atomic E-state index is 0.256. The number of carbonyl (C=O) groups excluding carboxylic acids is 1. The molecule has 1 aromatic carbocycles. The van der Waals surface area contributed by atoms with Gasteiger partial charge in [-0.15, -0.1) is 0 Å². The summed E-state index contributed by atoms with van der Waals surface area (Å²) >= 11 is 6.36. The molecule has 2 aromatic rings. The van der Waals surface area contributed by atoms with Crippen molar-refractivity contribution in [2.24, 2.45) is 0 Å². The molecule has 0 radical (unpaired) electrons. The van der Waals surface area contributed by atoms with Gasteiger partial charge in [-0.1, -0.05) is 41.9 Å². The average Bonchev–Trinajstić information content (AvgIpc) is 2.61. The Morgan fingerprint density at radius 3 is 2.33 bits per heavy atom. The van der Waals surface area contributed by atoms with Crippen LogP contribution in [0.3, 0.4) is 0 Å². The number of halogens is 1. The molecule has 1 aromatic heterocycles. The molecule has 1 heterocycles. The third kappa shape index (κ3) is 1.97. The van der Waals surface area contributed by atoms with Crippen LogP contribution in [-0.2, 0) is 0 Å². The van der Waals surface area contributed by atoms with Gasteiger partial charge in [0, 0.05) is 11.7 Å². The molecule has 2 rings (SSSR count). The van der Waals surface area contributed by atoms with Crippen LogP contribution < -0.4 is 0 Å². The predicted octanol–water partition coefficient (Wildman–Crippen LogP) is 4.51. The fourth-order valence-corrected chi connectivity index (χ4v) is 2.72. The van der Waals surface area contributed by atoms with Crippen molar-refractivity contribution in [2.75, 3.05) is 0 Å². The smallest absolute Gasteiger partial charge is 0.153 e. The maximum atomic E-state index is 11.2. The second-order valence-corrected chi connectivity index (χ2v) is 4.99. The van der Waals surface area contributed by atoms with Crippen LogP contribution in [-0.4, -0.2) is 10.9 Å². The molecule has 3 heteroatoms. The highest BCUT2D eigenvalue weighted by atomic mass is 35.5. The van der Waals surface area contributed by atoms with Gasteiger partial charge >= 0.3 is 0 Å². The summed E-state index contributed by atoms with van der Waals surface area (Å²) in [4.78, 5) is 11.2. The van der Waals surface area contributed by atoms with Crippen LogP contribution in [0.5, 0.6) is 0 Å². The normalized spacial score (nSPS) is 10.9. The molecule has 0 amide bonds. The van der Waals surface area contributed by atoms with E-state index in [1.807, 2.05) is 37.3 Å². The van der Waals surface area contributed by atoms with Crippen molar-refractivity contribution < 1.29 is 4.79 Å². The Labute approximate surface area is 112 Å². The summed E-state index contributed by atoms with van der Waals surface area (Å²) in [5.74, 6) is 0. The first-order valence-corrected chi connectivity index (χ1v) is 6.36. The van der Waals surface area contributed by atoms with E-state index in [-0.39, 0.29) is 6.04 Å². The van der Waals surface area contributed by atoms with Crippen LogP contribution in [0.4, 0.5) is 0 Å². The molecule has 0 bridgehead atoms. The van der Waals surface area contributed by atoms with Gasteiger partial charge in [0.15, 0.2) is 6.29 Å². The maximum Gasteiger partial charge on any atom is 0.153 e. The SMILES string of the molecule is Cc1c(C=O)c(Cl)c(-c2ccccc2)n1C(C)C. The van der Waals surface area contributed by atoms with Gasteiger partial charge in [-0.2, -0.15) is 0 Å². The molecule has 0 aliphatic heterocycles. The number of aldehydes is 1. The lowest BCUT2D eigenvalue weighted by Gasteiger charge is -2.16. The van der Waals surface area contributed by atoms with Gasteiger partial charge in [0.1, 0.15) is 0 Å². The van der Waals surface area contributed by atoms with Crippen LogP contribution in [0, 0.1) is 6.92 Å². The van der Waals surface area contributed by atoms with E-state index >= 15 is 0 Å². The summed E-state index contributed by atoms with van der Waals surface area (Å²) in [6, 6.07) is 10.2. The predicted molar refractivity (Wildman–Crippen MR) is 75.4 cm³/mol. The van der Waals surface area contributed by atoms with Gasteiger partial charge in [0.05, 0.1) is 16.3 Å². The van der Waals surface area contributed by atoms with Crippen LogP contribution in [0.1, 0.15) is 35.9 Å². The Hall–Kier alpha value is -1.54. The molecule has 0 N–H and O–H groups in total. The topological polar surface area (TPSA) is 22.0 Å². The largest absolute Gasteiger partial charge is 0.340 e. The van der Waals surface area contributed by atoms with E-state index in [2.05, 4.69) is 18.4 Å². The minimum Gasteiger partial charge on any atom is -0.340 e. The van der Waals surface area contributed by atoms with Crippen molar-refractivity contribution in [1.82, 2.24) is 4.57 Å². The van der Waals surface area contributed by atoms with Gasteiger partial charge in [-0.3, -0.25) is 4.79 Å². The zero-order chi connectivity index (χ0) is 13.3. The highest BCUT2D eigenvalue weighted by Gasteiger charge is 2.21. The Bertz CT molecular complexity index is 570. The fourth-order valence-electron chi connectivity index (χ4n) is 2.33. The van der Waals surface area contributed by atoms with Crippen molar-refractivity contribution in [3.8, 4) is 11.3 Å². The lowest BCUT2D eigenvalue weighted by atomic mass is 10.1. The van der Waals surface area contributed by atoms with Gasteiger partial charge in [0.25, 0.3) is 0 Å². The standard InChI is InChI=1S/C15H16ClNO/c1-10(2)17-11(3)13(9-18)14(16)15(17)12-7-5-4-6-8-12/h4-10H,1-3H3. The van der Waals surface area contributed by atoms with Crippen LogP contribution >= 0.6 is 11.6 Å². The molecule has 0 saturated heterocycles. The van der Waals surface area contributed by atoms with E-state index in [0.29, 0.717) is 10.6 Å². The lowest BCUT2D eigenvalue weighted by Crippen LogP contribution is -2.05. The molecule has 0 spiro atoms. The number of nitrogens with zero attached hydrogens (tertiary/aromatic N) is 1. The van der Waals surface area contributed by atoms with E-state index in [9.17, 15) is 4.79 Å². The number of benzene rings is 1. The molecule has 18 heavy (non-hydrogen) atoms. The second-order valence-electron chi connectivity index (χ2n) is 4.61. The molecule has 0 unspecified atom stereocenters. The van der Waals surface area contributed by atoms with E-state index in [1.54, 1.807) is 0 Å². The highest BCUT2D eigenvalue weighted by molar-refractivity contribution is 6.35. The zero-order valence-electron chi connectivity index (χ0n) is 10.8. The first-order chi connectivity index (χ1) is 8.57. The molecule has 0 fully saturated rings. The Balaban J connectivity index is 2.77. The van der Waals surface area contributed by atoms with Crippen LogP contribution in [0.15, 0.2) is 30.3 Å². The summed E-state index contributed by atoms with van der Waals surface area (Å²) < 4.78 is 2.11. The average molecular weight is 262 g/mol. The Morgan fingerprint density at radius 1 is 1.22 bits per heavy atom. The number of rotatable bonds is 3. The molecule has 0 aliphatic rings. The third-order valence-electron chi connectivity index (χ3n) is 3.12. The van der Waals surface area contributed by atoms with E-state index in [0.717, 1.165) is 23.2 Å². The summed E-state index contributed by atoms with van der Waals surface area (Å²) in [7, 11) is 0. The molecule has 0 saturated carbocycles. The van der Waals surface area contributed by atoms with Gasteiger partial charge < -0.3 is 4.57 Å². The Morgan fingerprint density at radius 2 is 1.83 bits per heavy atom. The van der Waals surface area contributed by atoms with Crippen LogP contribution in [0.25, 0.3) is 11.3 Å². The first kappa shape index (κ1) is 12.9. The lowest BCUT2D eigenvalue weighted by molar-refractivity contribution is 0.112.